The highest BCUT2D eigenvalue weighted by Crippen LogP contribution is 2.40. The number of hydrogen-bond acceptors (Lipinski definition) is 5. The van der Waals surface area contributed by atoms with E-state index in [0.717, 1.165) is 18.6 Å². The highest BCUT2D eigenvalue weighted by Gasteiger charge is 2.27. The molecule has 1 amide bonds. The van der Waals surface area contributed by atoms with E-state index in [4.69, 9.17) is 4.52 Å². The quantitative estimate of drug-likeness (QED) is 0.870. The topological polar surface area (TPSA) is 88.3 Å². The van der Waals surface area contributed by atoms with Crippen molar-refractivity contribution in [3.05, 3.63) is 41.5 Å². The number of nitrogens with one attached hydrogen (secondary N) is 1. The van der Waals surface area contributed by atoms with Crippen molar-refractivity contribution in [1.82, 2.24) is 15.5 Å². The fourth-order valence-electron chi connectivity index (χ4n) is 1.80. The Morgan fingerprint density at radius 3 is 3.11 bits per heavy atom. The Morgan fingerprint density at radius 2 is 2.37 bits per heavy atom. The number of aromatic nitrogens is 2. The highest BCUT2D eigenvalue weighted by atomic mass is 16.5. The Labute approximate surface area is 109 Å². The zero-order valence-electron chi connectivity index (χ0n) is 10.2. The lowest BCUT2D eigenvalue weighted by atomic mass is 10.2. The summed E-state index contributed by atoms with van der Waals surface area (Å²) in [5.74, 6) is 0.801. The summed E-state index contributed by atoms with van der Waals surface area (Å²) in [6, 6.07) is 4.84. The second-order valence-electron chi connectivity index (χ2n) is 4.55. The molecule has 1 aliphatic carbocycles. The Bertz CT molecular complexity index is 605. The molecule has 98 valence electrons. The van der Waals surface area contributed by atoms with Gasteiger partial charge >= 0.3 is 0 Å². The number of aromatic hydroxyl groups is 1. The molecule has 2 N–H and O–H groups in total. The molecule has 0 unspecified atom stereocenters. The minimum absolute atomic E-state index is 0.00779. The van der Waals surface area contributed by atoms with Crippen LogP contribution < -0.4 is 5.32 Å². The summed E-state index contributed by atoms with van der Waals surface area (Å²) < 4.78 is 5.18. The first-order valence-corrected chi connectivity index (χ1v) is 6.11. The number of rotatable bonds is 4. The molecule has 2 aromatic rings. The van der Waals surface area contributed by atoms with E-state index >= 15 is 0 Å². The third-order valence-electron chi connectivity index (χ3n) is 2.99. The van der Waals surface area contributed by atoms with Crippen molar-refractivity contribution >= 4 is 5.91 Å². The third-order valence-corrected chi connectivity index (χ3v) is 2.99. The van der Waals surface area contributed by atoms with Crippen LogP contribution in [0.2, 0.25) is 0 Å². The normalized spacial score (nSPS) is 14.3. The fourth-order valence-corrected chi connectivity index (χ4v) is 1.80. The summed E-state index contributed by atoms with van der Waals surface area (Å²) in [4.78, 5) is 15.6. The molecular weight excluding hydrogens is 246 g/mol. The van der Waals surface area contributed by atoms with Crippen LogP contribution in [-0.4, -0.2) is 21.2 Å². The number of carbonyl (C=O) groups excluding carboxylic acids is 1. The van der Waals surface area contributed by atoms with Crippen LogP contribution in [0.3, 0.4) is 0 Å². The van der Waals surface area contributed by atoms with Crippen molar-refractivity contribution in [3.8, 4) is 5.75 Å². The lowest BCUT2D eigenvalue weighted by Gasteiger charge is -2.03. The van der Waals surface area contributed by atoms with E-state index in [2.05, 4.69) is 15.5 Å². The molecule has 0 aliphatic heterocycles. The van der Waals surface area contributed by atoms with Crippen LogP contribution >= 0.6 is 0 Å². The molecule has 2 heterocycles. The number of hydrogen-bond donors (Lipinski definition) is 2. The predicted molar refractivity (Wildman–Crippen MR) is 65.6 cm³/mol. The molecule has 0 atom stereocenters. The van der Waals surface area contributed by atoms with E-state index in [1.54, 1.807) is 6.07 Å². The second kappa shape index (κ2) is 4.72. The van der Waals surface area contributed by atoms with Gasteiger partial charge in [0.25, 0.3) is 5.91 Å². The number of pyridine rings is 1. The average Bonchev–Trinajstić information content (AvgIpc) is 3.16. The van der Waals surface area contributed by atoms with Gasteiger partial charge in [0.05, 0.1) is 6.54 Å². The second-order valence-corrected chi connectivity index (χ2v) is 4.55. The molecule has 2 aromatic heterocycles. The van der Waals surface area contributed by atoms with Crippen molar-refractivity contribution in [2.45, 2.75) is 25.3 Å². The van der Waals surface area contributed by atoms with Gasteiger partial charge in [0.1, 0.15) is 17.2 Å². The Hall–Kier alpha value is -2.37. The molecule has 0 aromatic carbocycles. The summed E-state index contributed by atoms with van der Waals surface area (Å²) in [6.07, 6.45) is 3.74. The van der Waals surface area contributed by atoms with Gasteiger partial charge in [-0.25, -0.2) is 4.98 Å². The van der Waals surface area contributed by atoms with Gasteiger partial charge in [0.2, 0.25) is 0 Å². The third kappa shape index (κ3) is 2.57. The molecule has 0 bridgehead atoms. The SMILES string of the molecule is O=C(NCc1cc(C2CC2)on1)c1ncccc1O. The van der Waals surface area contributed by atoms with Crippen molar-refractivity contribution in [2.24, 2.45) is 0 Å². The summed E-state index contributed by atoms with van der Waals surface area (Å²) in [5, 5.41) is 16.0. The largest absolute Gasteiger partial charge is 0.505 e. The minimum Gasteiger partial charge on any atom is -0.505 e. The summed E-state index contributed by atoms with van der Waals surface area (Å²) in [7, 11) is 0. The van der Waals surface area contributed by atoms with E-state index in [1.807, 2.05) is 6.07 Å². The molecule has 3 rings (SSSR count). The molecule has 6 heteroatoms. The first-order chi connectivity index (χ1) is 9.24. The van der Waals surface area contributed by atoms with Crippen LogP contribution in [0.4, 0.5) is 0 Å². The van der Waals surface area contributed by atoms with Gasteiger partial charge in [-0.15, -0.1) is 0 Å². The van der Waals surface area contributed by atoms with Crippen LogP contribution in [-0.2, 0) is 6.54 Å². The predicted octanol–water partition coefficient (Wildman–Crippen LogP) is 1.58. The van der Waals surface area contributed by atoms with Gasteiger partial charge < -0.3 is 14.9 Å². The molecule has 1 fully saturated rings. The van der Waals surface area contributed by atoms with E-state index in [0.29, 0.717) is 11.6 Å². The van der Waals surface area contributed by atoms with E-state index in [9.17, 15) is 9.90 Å². The minimum atomic E-state index is -0.436. The van der Waals surface area contributed by atoms with Gasteiger partial charge in [-0.05, 0) is 25.0 Å². The number of amides is 1. The van der Waals surface area contributed by atoms with Crippen LogP contribution in [0, 0.1) is 0 Å². The van der Waals surface area contributed by atoms with Crippen molar-refractivity contribution in [1.29, 1.82) is 0 Å². The van der Waals surface area contributed by atoms with Gasteiger partial charge in [-0.2, -0.15) is 0 Å². The Kier molecular flexibility index (Phi) is 2.91. The van der Waals surface area contributed by atoms with E-state index in [-0.39, 0.29) is 18.0 Å². The Morgan fingerprint density at radius 1 is 1.53 bits per heavy atom. The van der Waals surface area contributed by atoms with Gasteiger partial charge in [0.15, 0.2) is 5.69 Å². The first kappa shape index (κ1) is 11.7. The summed E-state index contributed by atoms with van der Waals surface area (Å²) in [6.45, 7) is 0.255. The maximum atomic E-state index is 11.8. The molecule has 1 saturated carbocycles. The smallest absolute Gasteiger partial charge is 0.274 e. The van der Waals surface area contributed by atoms with Crippen LogP contribution in [0.15, 0.2) is 28.9 Å². The van der Waals surface area contributed by atoms with Crippen LogP contribution in [0.25, 0.3) is 0 Å². The van der Waals surface area contributed by atoms with E-state index in [1.165, 1.54) is 12.3 Å². The lowest BCUT2D eigenvalue weighted by Crippen LogP contribution is -2.23. The lowest BCUT2D eigenvalue weighted by molar-refractivity contribution is 0.0942. The number of nitrogens with zero attached hydrogens (tertiary/aromatic N) is 2. The van der Waals surface area contributed by atoms with Gasteiger partial charge in [0, 0.05) is 18.2 Å². The maximum Gasteiger partial charge on any atom is 0.274 e. The molecule has 6 nitrogen and oxygen atoms in total. The molecule has 19 heavy (non-hydrogen) atoms. The molecule has 0 saturated heterocycles. The van der Waals surface area contributed by atoms with Crippen LogP contribution in [0.1, 0.15) is 40.7 Å². The molecule has 1 aliphatic rings. The molecule has 0 spiro atoms. The fraction of sp³-hybridized carbons (Fsp3) is 0.308. The maximum absolute atomic E-state index is 11.8. The average molecular weight is 259 g/mol. The summed E-state index contributed by atoms with van der Waals surface area (Å²) >= 11 is 0. The zero-order valence-corrected chi connectivity index (χ0v) is 10.2. The van der Waals surface area contributed by atoms with Gasteiger partial charge in [-0.3, -0.25) is 4.79 Å². The molecular formula is C13H13N3O3. The Balaban J connectivity index is 1.62. The van der Waals surface area contributed by atoms with Crippen molar-refractivity contribution < 1.29 is 14.4 Å². The monoisotopic (exact) mass is 259 g/mol. The van der Waals surface area contributed by atoms with Crippen molar-refractivity contribution in [2.75, 3.05) is 0 Å². The first-order valence-electron chi connectivity index (χ1n) is 6.11. The van der Waals surface area contributed by atoms with E-state index < -0.39 is 5.91 Å². The van der Waals surface area contributed by atoms with Crippen molar-refractivity contribution in [3.63, 3.8) is 0 Å². The highest BCUT2D eigenvalue weighted by molar-refractivity contribution is 5.94. The number of carbonyl (C=O) groups is 1. The summed E-state index contributed by atoms with van der Waals surface area (Å²) in [5.41, 5.74) is 0.680. The zero-order chi connectivity index (χ0) is 13.2. The van der Waals surface area contributed by atoms with Crippen LogP contribution in [0.5, 0.6) is 5.75 Å². The van der Waals surface area contributed by atoms with Gasteiger partial charge in [-0.1, -0.05) is 5.16 Å². The standard InChI is InChI=1S/C13H13N3O3/c17-10-2-1-5-14-12(10)13(18)15-7-9-6-11(19-16-9)8-3-4-8/h1-2,5-6,8,17H,3-4,7H2,(H,15,18). The molecule has 0 radical (unpaired) electrons.